The lowest BCUT2D eigenvalue weighted by Crippen LogP contribution is -2.40. The van der Waals surface area contributed by atoms with E-state index < -0.39 is 0 Å². The average molecular weight is 281 g/mol. The Labute approximate surface area is 119 Å². The summed E-state index contributed by atoms with van der Waals surface area (Å²) in [5.74, 6) is 1.47. The molecule has 0 aromatic heterocycles. The van der Waals surface area contributed by atoms with E-state index in [0.29, 0.717) is 6.61 Å². The molecule has 1 aromatic rings. The van der Waals surface area contributed by atoms with E-state index in [1.54, 1.807) is 7.11 Å². The maximum absolute atomic E-state index is 5.58. The minimum Gasteiger partial charge on any atom is -0.493 e. The van der Waals surface area contributed by atoms with Crippen LogP contribution in [0.5, 0.6) is 11.5 Å². The summed E-state index contributed by atoms with van der Waals surface area (Å²) < 4.78 is 16.2. The molecule has 0 aliphatic carbocycles. The highest BCUT2D eigenvalue weighted by molar-refractivity contribution is 7.80. The quantitative estimate of drug-likeness (QED) is 0.789. The third-order valence-corrected chi connectivity index (χ3v) is 3.50. The Morgan fingerprint density at radius 2 is 2.05 bits per heavy atom. The minimum atomic E-state index is 0.601. The van der Waals surface area contributed by atoms with Crippen LogP contribution in [0.1, 0.15) is 12.5 Å². The molecule has 0 spiro atoms. The fraction of sp³-hybridized carbons (Fsp3) is 0.500. The van der Waals surface area contributed by atoms with Crippen molar-refractivity contribution in [2.45, 2.75) is 6.92 Å². The first-order valence-electron chi connectivity index (χ1n) is 6.44. The second-order valence-corrected chi connectivity index (χ2v) is 4.59. The van der Waals surface area contributed by atoms with Crippen LogP contribution < -0.4 is 9.47 Å². The summed E-state index contributed by atoms with van der Waals surface area (Å²) in [6.07, 6.45) is 0. The van der Waals surface area contributed by atoms with Crippen molar-refractivity contribution in [3.8, 4) is 11.5 Å². The van der Waals surface area contributed by atoms with E-state index >= 15 is 0 Å². The van der Waals surface area contributed by atoms with Gasteiger partial charge >= 0.3 is 0 Å². The Morgan fingerprint density at radius 1 is 1.32 bits per heavy atom. The summed E-state index contributed by atoms with van der Waals surface area (Å²) in [6.45, 7) is 5.70. The second kappa shape index (κ2) is 6.73. The Kier molecular flexibility index (Phi) is 4.99. The maximum Gasteiger partial charge on any atom is 0.161 e. The molecule has 0 saturated carbocycles. The zero-order valence-corrected chi connectivity index (χ0v) is 12.2. The van der Waals surface area contributed by atoms with Crippen LogP contribution in [0.4, 0.5) is 0 Å². The molecule has 1 aliphatic rings. The van der Waals surface area contributed by atoms with Crippen LogP contribution >= 0.6 is 12.2 Å². The minimum absolute atomic E-state index is 0.601. The fourth-order valence-electron chi connectivity index (χ4n) is 2.03. The van der Waals surface area contributed by atoms with Gasteiger partial charge in [-0.25, -0.2) is 0 Å². The largest absolute Gasteiger partial charge is 0.493 e. The van der Waals surface area contributed by atoms with Crippen molar-refractivity contribution >= 4 is 17.2 Å². The molecular weight excluding hydrogens is 262 g/mol. The fourth-order valence-corrected chi connectivity index (χ4v) is 2.34. The topological polar surface area (TPSA) is 30.9 Å². The van der Waals surface area contributed by atoms with E-state index in [1.165, 1.54) is 0 Å². The van der Waals surface area contributed by atoms with Gasteiger partial charge in [0.15, 0.2) is 11.5 Å². The highest BCUT2D eigenvalue weighted by Gasteiger charge is 2.16. The van der Waals surface area contributed by atoms with Gasteiger partial charge in [-0.05, 0) is 25.1 Å². The van der Waals surface area contributed by atoms with Gasteiger partial charge in [-0.15, -0.1) is 0 Å². The Balaban J connectivity index is 2.19. The van der Waals surface area contributed by atoms with Gasteiger partial charge in [-0.3, -0.25) is 0 Å². The van der Waals surface area contributed by atoms with Crippen LogP contribution in [0.15, 0.2) is 18.2 Å². The van der Waals surface area contributed by atoms with E-state index in [0.717, 1.165) is 48.4 Å². The summed E-state index contributed by atoms with van der Waals surface area (Å²) in [5.41, 5.74) is 0.987. The van der Waals surface area contributed by atoms with E-state index in [1.807, 2.05) is 25.1 Å². The lowest BCUT2D eigenvalue weighted by Gasteiger charge is -2.29. The number of morpholine rings is 1. The monoisotopic (exact) mass is 281 g/mol. The summed E-state index contributed by atoms with van der Waals surface area (Å²) in [6, 6.07) is 5.81. The van der Waals surface area contributed by atoms with Gasteiger partial charge in [0.1, 0.15) is 4.99 Å². The molecule has 0 unspecified atom stereocenters. The Hall–Kier alpha value is -1.33. The first-order valence-corrected chi connectivity index (χ1v) is 6.85. The number of nitrogens with zero attached hydrogens (tertiary/aromatic N) is 1. The van der Waals surface area contributed by atoms with Crippen LogP contribution in [0.3, 0.4) is 0 Å². The number of hydrogen-bond donors (Lipinski definition) is 0. The summed E-state index contributed by atoms with van der Waals surface area (Å²) >= 11 is 5.54. The first kappa shape index (κ1) is 14.1. The third-order valence-electron chi connectivity index (χ3n) is 3.01. The van der Waals surface area contributed by atoms with E-state index in [4.69, 9.17) is 26.4 Å². The van der Waals surface area contributed by atoms with Gasteiger partial charge in [-0.2, -0.15) is 0 Å². The number of ether oxygens (including phenoxy) is 3. The molecule has 0 amide bonds. The highest BCUT2D eigenvalue weighted by Crippen LogP contribution is 2.28. The molecule has 104 valence electrons. The standard InChI is InChI=1S/C14H19NO3S/c1-3-18-13-10-11(4-5-12(13)16-2)14(19)15-6-8-17-9-7-15/h4-5,10H,3,6-9H2,1-2H3. The summed E-state index contributed by atoms with van der Waals surface area (Å²) in [5, 5.41) is 0. The molecule has 1 saturated heterocycles. The first-order chi connectivity index (χ1) is 9.26. The van der Waals surface area contributed by atoms with Crippen molar-refractivity contribution in [3.63, 3.8) is 0 Å². The molecule has 2 rings (SSSR count). The van der Waals surface area contributed by atoms with Gasteiger partial charge in [0.05, 0.1) is 26.9 Å². The van der Waals surface area contributed by atoms with Crippen molar-refractivity contribution in [3.05, 3.63) is 23.8 Å². The van der Waals surface area contributed by atoms with Crippen LogP contribution in [-0.2, 0) is 4.74 Å². The Bertz CT molecular complexity index is 444. The van der Waals surface area contributed by atoms with Crippen molar-refractivity contribution in [2.24, 2.45) is 0 Å². The summed E-state index contributed by atoms with van der Waals surface area (Å²) in [7, 11) is 1.64. The molecule has 0 bridgehead atoms. The van der Waals surface area contributed by atoms with Crippen molar-refractivity contribution in [1.29, 1.82) is 0 Å². The number of rotatable bonds is 4. The molecule has 0 radical (unpaired) electrons. The predicted molar refractivity (Wildman–Crippen MR) is 78.3 cm³/mol. The van der Waals surface area contributed by atoms with E-state index in [2.05, 4.69) is 4.90 Å². The molecule has 1 aromatic carbocycles. The van der Waals surface area contributed by atoms with Crippen molar-refractivity contribution in [2.75, 3.05) is 40.0 Å². The second-order valence-electron chi connectivity index (χ2n) is 4.20. The molecule has 5 heteroatoms. The molecule has 0 atom stereocenters. The molecule has 19 heavy (non-hydrogen) atoms. The smallest absolute Gasteiger partial charge is 0.161 e. The lowest BCUT2D eigenvalue weighted by atomic mass is 10.1. The van der Waals surface area contributed by atoms with Crippen molar-refractivity contribution < 1.29 is 14.2 Å². The molecule has 1 fully saturated rings. The van der Waals surface area contributed by atoms with Crippen LogP contribution in [0.25, 0.3) is 0 Å². The average Bonchev–Trinajstić information content (AvgIpc) is 2.47. The van der Waals surface area contributed by atoms with E-state index in [-0.39, 0.29) is 0 Å². The van der Waals surface area contributed by atoms with Gasteiger partial charge in [-0.1, -0.05) is 12.2 Å². The van der Waals surface area contributed by atoms with Crippen LogP contribution in [0.2, 0.25) is 0 Å². The van der Waals surface area contributed by atoms with Gasteiger partial charge in [0, 0.05) is 18.7 Å². The van der Waals surface area contributed by atoms with E-state index in [9.17, 15) is 0 Å². The predicted octanol–water partition coefficient (Wildman–Crippen LogP) is 2.10. The lowest BCUT2D eigenvalue weighted by molar-refractivity contribution is 0.0693. The zero-order valence-electron chi connectivity index (χ0n) is 11.3. The SMILES string of the molecule is CCOc1cc(C(=S)N2CCOCC2)ccc1OC. The number of benzene rings is 1. The number of hydrogen-bond acceptors (Lipinski definition) is 4. The molecular formula is C14H19NO3S. The highest BCUT2D eigenvalue weighted by atomic mass is 32.1. The van der Waals surface area contributed by atoms with Gasteiger partial charge in [0.2, 0.25) is 0 Å². The Morgan fingerprint density at radius 3 is 2.68 bits per heavy atom. The normalized spacial score (nSPS) is 15.2. The molecule has 4 nitrogen and oxygen atoms in total. The molecule has 1 heterocycles. The van der Waals surface area contributed by atoms with Gasteiger partial charge < -0.3 is 19.1 Å². The summed E-state index contributed by atoms with van der Waals surface area (Å²) in [4.78, 5) is 3.00. The van der Waals surface area contributed by atoms with Crippen LogP contribution in [0, 0.1) is 0 Å². The third kappa shape index (κ3) is 3.36. The van der Waals surface area contributed by atoms with Crippen molar-refractivity contribution in [1.82, 2.24) is 4.90 Å². The maximum atomic E-state index is 5.58. The van der Waals surface area contributed by atoms with Gasteiger partial charge in [0.25, 0.3) is 0 Å². The molecule has 0 N–H and O–H groups in total. The zero-order chi connectivity index (χ0) is 13.7. The van der Waals surface area contributed by atoms with Crippen LogP contribution in [-0.4, -0.2) is 49.9 Å². The number of methoxy groups -OCH3 is 1. The number of thiocarbonyl (C=S) groups is 1. The molecule has 1 aliphatic heterocycles.